The molecule has 0 aliphatic carbocycles. The third-order valence-electron chi connectivity index (χ3n) is 13.2. The van der Waals surface area contributed by atoms with Crippen molar-refractivity contribution >= 4 is 82.4 Å². The molecule has 0 amide bonds. The lowest BCUT2D eigenvalue weighted by Crippen LogP contribution is -2.14. The minimum absolute atomic E-state index is 0.877. The van der Waals surface area contributed by atoms with Gasteiger partial charge in [-0.15, -0.1) is 0 Å². The molecule has 0 bridgehead atoms. The molecule has 3 heteroatoms. The first-order valence-electron chi connectivity index (χ1n) is 22.2. The molecule has 13 rings (SSSR count). The van der Waals surface area contributed by atoms with Crippen molar-refractivity contribution in [1.29, 1.82) is 0 Å². The maximum Gasteiger partial charge on any atom is 0.143 e. The van der Waals surface area contributed by atoms with E-state index in [4.69, 9.17) is 4.42 Å². The Kier molecular flexibility index (Phi) is 8.53. The Morgan fingerprint density at radius 3 is 1.68 bits per heavy atom. The second-order valence-corrected chi connectivity index (χ2v) is 16.8. The van der Waals surface area contributed by atoms with Gasteiger partial charge in [-0.2, -0.15) is 0 Å². The standard InChI is InChI=1S/C62H40N2O/c1-2-18-45-40-61-55(39-44(45)17-1)54-28-15-27-53(62(54)65-61)52-25-7-8-29-56(52)63(59-32-11-12-33-60(59)64-57-30-9-5-23-50(57)51-24-6-10-31-58(51)64)47-36-34-41(35-37-47)43-20-13-21-46(38-43)49-26-14-19-42-16-3-4-22-48(42)49/h1-40H. The molecule has 2 heterocycles. The highest BCUT2D eigenvalue weighted by molar-refractivity contribution is 6.14. The summed E-state index contributed by atoms with van der Waals surface area (Å²) in [6, 6.07) is 87.7. The van der Waals surface area contributed by atoms with Gasteiger partial charge in [-0.1, -0.05) is 182 Å². The van der Waals surface area contributed by atoms with Crippen LogP contribution in [0.5, 0.6) is 0 Å². The number of para-hydroxylation sites is 6. The molecule has 0 unspecified atom stereocenters. The molecule has 0 radical (unpaired) electrons. The molecule has 2 aromatic heterocycles. The van der Waals surface area contributed by atoms with Gasteiger partial charge < -0.3 is 13.9 Å². The van der Waals surface area contributed by atoms with Gasteiger partial charge in [-0.25, -0.2) is 0 Å². The maximum absolute atomic E-state index is 6.88. The van der Waals surface area contributed by atoms with Gasteiger partial charge in [0.25, 0.3) is 0 Å². The van der Waals surface area contributed by atoms with E-state index < -0.39 is 0 Å². The molecule has 0 fully saturated rings. The van der Waals surface area contributed by atoms with Gasteiger partial charge in [-0.05, 0) is 104 Å². The summed E-state index contributed by atoms with van der Waals surface area (Å²) in [5.41, 5.74) is 15.2. The number of nitrogens with zero attached hydrogens (tertiary/aromatic N) is 2. The SMILES string of the molecule is c1cc(-c2ccc(N(c3ccccc3-c3cccc4c3oc3cc5ccccc5cc34)c3ccccc3-n3c4ccccc4c4ccccc43)cc2)cc(-c2cccc3ccccc23)c1. The molecule has 304 valence electrons. The average Bonchev–Trinajstić information content (AvgIpc) is 3.91. The number of furan rings is 1. The Morgan fingerprint density at radius 2 is 0.877 bits per heavy atom. The molecule has 0 aliphatic rings. The molecular weight excluding hydrogens is 789 g/mol. The van der Waals surface area contributed by atoms with Crippen molar-refractivity contribution in [2.45, 2.75) is 0 Å². The zero-order valence-electron chi connectivity index (χ0n) is 35.4. The van der Waals surface area contributed by atoms with E-state index in [0.717, 1.165) is 77.8 Å². The highest BCUT2D eigenvalue weighted by Gasteiger charge is 2.24. The second kappa shape index (κ2) is 15.0. The fourth-order valence-corrected chi connectivity index (χ4v) is 10.2. The molecule has 13 aromatic rings. The maximum atomic E-state index is 6.88. The monoisotopic (exact) mass is 828 g/mol. The third kappa shape index (κ3) is 6.05. The molecule has 65 heavy (non-hydrogen) atoms. The first kappa shape index (κ1) is 36.9. The Balaban J connectivity index is 1.01. The fourth-order valence-electron chi connectivity index (χ4n) is 10.2. The van der Waals surface area contributed by atoms with E-state index in [1.807, 2.05) is 0 Å². The first-order chi connectivity index (χ1) is 32.2. The van der Waals surface area contributed by atoms with E-state index >= 15 is 0 Å². The molecule has 11 aromatic carbocycles. The second-order valence-electron chi connectivity index (χ2n) is 16.8. The van der Waals surface area contributed by atoms with Crippen LogP contribution in [-0.2, 0) is 0 Å². The smallest absolute Gasteiger partial charge is 0.143 e. The van der Waals surface area contributed by atoms with E-state index in [-0.39, 0.29) is 0 Å². The third-order valence-corrected chi connectivity index (χ3v) is 13.2. The van der Waals surface area contributed by atoms with Crippen LogP contribution < -0.4 is 4.90 Å². The first-order valence-corrected chi connectivity index (χ1v) is 22.2. The van der Waals surface area contributed by atoms with E-state index in [1.54, 1.807) is 0 Å². The highest BCUT2D eigenvalue weighted by Crippen LogP contribution is 2.47. The molecule has 0 spiro atoms. The van der Waals surface area contributed by atoms with Crippen LogP contribution in [0.3, 0.4) is 0 Å². The quantitative estimate of drug-likeness (QED) is 0.160. The zero-order chi connectivity index (χ0) is 42.8. The van der Waals surface area contributed by atoms with Gasteiger partial charge in [0.15, 0.2) is 0 Å². The van der Waals surface area contributed by atoms with Gasteiger partial charge >= 0.3 is 0 Å². The summed E-state index contributed by atoms with van der Waals surface area (Å²) in [6.45, 7) is 0. The van der Waals surface area contributed by atoms with Crippen LogP contribution in [0.4, 0.5) is 17.1 Å². The van der Waals surface area contributed by atoms with Crippen molar-refractivity contribution in [3.8, 4) is 39.1 Å². The van der Waals surface area contributed by atoms with Gasteiger partial charge in [0, 0.05) is 38.4 Å². The summed E-state index contributed by atoms with van der Waals surface area (Å²) >= 11 is 0. The van der Waals surface area contributed by atoms with E-state index in [2.05, 4.69) is 252 Å². The minimum atomic E-state index is 0.877. The van der Waals surface area contributed by atoms with Crippen LogP contribution in [0, 0.1) is 0 Å². The largest absolute Gasteiger partial charge is 0.455 e. The van der Waals surface area contributed by atoms with Crippen molar-refractivity contribution in [1.82, 2.24) is 4.57 Å². The number of fused-ring (bicyclic) bond motifs is 8. The molecule has 0 saturated carbocycles. The summed E-state index contributed by atoms with van der Waals surface area (Å²) in [4.78, 5) is 2.43. The predicted molar refractivity (Wildman–Crippen MR) is 274 cm³/mol. The number of rotatable bonds is 7. The van der Waals surface area contributed by atoms with Gasteiger partial charge in [-0.3, -0.25) is 0 Å². The van der Waals surface area contributed by atoms with E-state index in [0.29, 0.717) is 0 Å². The van der Waals surface area contributed by atoms with Crippen LogP contribution >= 0.6 is 0 Å². The molecule has 0 atom stereocenters. The van der Waals surface area contributed by atoms with Crippen LogP contribution in [0.25, 0.3) is 104 Å². The van der Waals surface area contributed by atoms with E-state index in [9.17, 15) is 0 Å². The molecule has 0 aliphatic heterocycles. The normalized spacial score (nSPS) is 11.7. The van der Waals surface area contributed by atoms with Gasteiger partial charge in [0.2, 0.25) is 0 Å². The van der Waals surface area contributed by atoms with Crippen LogP contribution in [0.15, 0.2) is 247 Å². The lowest BCUT2D eigenvalue weighted by atomic mass is 9.95. The number of aromatic nitrogens is 1. The Labute approximate surface area is 376 Å². The predicted octanol–water partition coefficient (Wildman–Crippen LogP) is 17.5. The lowest BCUT2D eigenvalue weighted by Gasteiger charge is -2.30. The number of hydrogen-bond acceptors (Lipinski definition) is 2. The van der Waals surface area contributed by atoms with Crippen LogP contribution in [0.1, 0.15) is 0 Å². The average molecular weight is 829 g/mol. The number of anilines is 3. The molecule has 3 nitrogen and oxygen atoms in total. The van der Waals surface area contributed by atoms with Crippen molar-refractivity contribution in [3.05, 3.63) is 243 Å². The Morgan fingerprint density at radius 1 is 0.323 bits per heavy atom. The van der Waals surface area contributed by atoms with E-state index in [1.165, 1.54) is 43.6 Å². The van der Waals surface area contributed by atoms with Crippen molar-refractivity contribution in [3.63, 3.8) is 0 Å². The van der Waals surface area contributed by atoms with Crippen molar-refractivity contribution in [2.24, 2.45) is 0 Å². The van der Waals surface area contributed by atoms with Crippen molar-refractivity contribution in [2.75, 3.05) is 4.90 Å². The highest BCUT2D eigenvalue weighted by atomic mass is 16.3. The molecule has 0 saturated heterocycles. The number of hydrogen-bond donors (Lipinski definition) is 0. The minimum Gasteiger partial charge on any atom is -0.455 e. The van der Waals surface area contributed by atoms with Gasteiger partial charge in [0.05, 0.1) is 28.1 Å². The summed E-state index contributed by atoms with van der Waals surface area (Å²) in [7, 11) is 0. The van der Waals surface area contributed by atoms with Crippen molar-refractivity contribution < 1.29 is 4.42 Å². The summed E-state index contributed by atoms with van der Waals surface area (Å²) in [6.07, 6.45) is 0. The summed E-state index contributed by atoms with van der Waals surface area (Å²) in [5, 5.41) is 9.53. The summed E-state index contributed by atoms with van der Waals surface area (Å²) in [5.74, 6) is 0. The molecular formula is C62H40N2O. The van der Waals surface area contributed by atoms with Crippen LogP contribution in [0.2, 0.25) is 0 Å². The zero-order valence-corrected chi connectivity index (χ0v) is 35.4. The van der Waals surface area contributed by atoms with Crippen LogP contribution in [-0.4, -0.2) is 4.57 Å². The Bertz CT molecular complexity index is 3910. The topological polar surface area (TPSA) is 21.3 Å². The lowest BCUT2D eigenvalue weighted by molar-refractivity contribution is 0.670. The van der Waals surface area contributed by atoms with Gasteiger partial charge in [0.1, 0.15) is 11.2 Å². The summed E-state index contributed by atoms with van der Waals surface area (Å²) < 4.78 is 9.30. The fraction of sp³-hybridized carbons (Fsp3) is 0. The molecule has 0 N–H and O–H groups in total. The Hall–Kier alpha value is -8.66. The number of benzene rings is 11.